The molecule has 15 heteroatoms. The van der Waals surface area contributed by atoms with Gasteiger partial charge in [-0.2, -0.15) is 0 Å². The Kier molecular flexibility index (Phi) is 15.5. The summed E-state index contributed by atoms with van der Waals surface area (Å²) in [5, 5.41) is 13.7. The summed E-state index contributed by atoms with van der Waals surface area (Å²) < 4.78 is 10.7. The number of nitrogens with one attached hydrogen (secondary N) is 5. The molecule has 0 saturated carbocycles. The number of carbonyl (C=O) groups excluding carboxylic acids is 6. The van der Waals surface area contributed by atoms with Crippen LogP contribution in [-0.2, 0) is 46.3 Å². The SMILES string of the molecule is CC(=O)NCC[C@H](NC(=O)Cc1ccccc1NC(=O)[C@H](Cc1ccco1)NC(=O)[C@@H]1CCCN(C(C)=O)C1)C(=O)NCCOCCN. The van der Waals surface area contributed by atoms with Crippen molar-refractivity contribution in [2.45, 2.75) is 58.0 Å². The van der Waals surface area contributed by atoms with Crippen molar-refractivity contribution in [3.8, 4) is 0 Å². The van der Waals surface area contributed by atoms with E-state index in [1.807, 2.05) is 0 Å². The van der Waals surface area contributed by atoms with Crippen LogP contribution >= 0.6 is 0 Å². The molecule has 1 aromatic heterocycles. The number of hydrogen-bond donors (Lipinski definition) is 6. The third-order valence-corrected chi connectivity index (χ3v) is 7.75. The highest BCUT2D eigenvalue weighted by Gasteiger charge is 2.31. The quantitative estimate of drug-likeness (QED) is 0.116. The van der Waals surface area contributed by atoms with Crippen molar-refractivity contribution in [3.05, 3.63) is 54.0 Å². The summed E-state index contributed by atoms with van der Waals surface area (Å²) in [6.45, 7) is 5.03. The van der Waals surface area contributed by atoms with Crippen LogP contribution in [-0.4, -0.2) is 98.4 Å². The first-order valence-electron chi connectivity index (χ1n) is 16.1. The highest BCUT2D eigenvalue weighted by atomic mass is 16.5. The second-order valence-corrected chi connectivity index (χ2v) is 11.6. The summed E-state index contributed by atoms with van der Waals surface area (Å²) in [4.78, 5) is 77.9. The van der Waals surface area contributed by atoms with Crippen molar-refractivity contribution in [2.24, 2.45) is 11.7 Å². The molecule has 1 aliphatic rings. The summed E-state index contributed by atoms with van der Waals surface area (Å²) >= 11 is 0. The maximum Gasteiger partial charge on any atom is 0.247 e. The summed E-state index contributed by atoms with van der Waals surface area (Å²) in [5.41, 5.74) is 6.24. The Morgan fingerprint density at radius 3 is 2.46 bits per heavy atom. The summed E-state index contributed by atoms with van der Waals surface area (Å²) in [5.74, 6) is -2.11. The molecule has 0 aliphatic carbocycles. The molecule has 0 spiro atoms. The number of anilines is 1. The molecular weight excluding hydrogens is 622 g/mol. The molecule has 1 fully saturated rings. The Morgan fingerprint density at radius 1 is 0.958 bits per heavy atom. The molecule has 48 heavy (non-hydrogen) atoms. The number of hydrogen-bond acceptors (Lipinski definition) is 9. The molecule has 3 atom stereocenters. The Hall–Kier alpha value is -4.76. The number of benzene rings is 1. The van der Waals surface area contributed by atoms with Crippen LogP contribution in [0.4, 0.5) is 5.69 Å². The van der Waals surface area contributed by atoms with E-state index < -0.39 is 35.7 Å². The maximum atomic E-state index is 13.6. The lowest BCUT2D eigenvalue weighted by molar-refractivity contribution is -0.135. The van der Waals surface area contributed by atoms with Gasteiger partial charge in [0.1, 0.15) is 17.8 Å². The van der Waals surface area contributed by atoms with E-state index in [0.717, 1.165) is 0 Å². The van der Waals surface area contributed by atoms with Crippen LogP contribution in [0.25, 0.3) is 0 Å². The zero-order valence-corrected chi connectivity index (χ0v) is 27.5. The fourth-order valence-electron chi connectivity index (χ4n) is 5.26. The lowest BCUT2D eigenvalue weighted by Crippen LogP contribution is -2.51. The van der Waals surface area contributed by atoms with Crippen molar-refractivity contribution in [3.63, 3.8) is 0 Å². The maximum absolute atomic E-state index is 13.6. The van der Waals surface area contributed by atoms with Crippen LogP contribution in [0.1, 0.15) is 44.4 Å². The molecule has 15 nitrogen and oxygen atoms in total. The Balaban J connectivity index is 1.68. The zero-order chi connectivity index (χ0) is 34.9. The van der Waals surface area contributed by atoms with Crippen LogP contribution in [0.3, 0.4) is 0 Å². The smallest absolute Gasteiger partial charge is 0.247 e. The van der Waals surface area contributed by atoms with Gasteiger partial charge in [-0.05, 0) is 43.0 Å². The lowest BCUT2D eigenvalue weighted by Gasteiger charge is -2.32. The van der Waals surface area contributed by atoms with Gasteiger partial charge in [0, 0.05) is 58.7 Å². The summed E-state index contributed by atoms with van der Waals surface area (Å²) in [7, 11) is 0. The predicted molar refractivity (Wildman–Crippen MR) is 176 cm³/mol. The lowest BCUT2D eigenvalue weighted by atomic mass is 9.96. The van der Waals surface area contributed by atoms with Gasteiger partial charge >= 0.3 is 0 Å². The number of ether oxygens (including phenoxy) is 1. The first-order valence-corrected chi connectivity index (χ1v) is 16.1. The monoisotopic (exact) mass is 669 g/mol. The first-order chi connectivity index (χ1) is 23.1. The minimum Gasteiger partial charge on any atom is -0.469 e. The van der Waals surface area contributed by atoms with Crippen LogP contribution in [0.2, 0.25) is 0 Å². The molecule has 0 bridgehead atoms. The van der Waals surface area contributed by atoms with Crippen LogP contribution in [0.15, 0.2) is 47.1 Å². The molecule has 2 heterocycles. The number of nitrogens with two attached hydrogens (primary N) is 1. The zero-order valence-electron chi connectivity index (χ0n) is 27.5. The molecule has 1 saturated heterocycles. The number of likely N-dealkylation sites (tertiary alicyclic amines) is 1. The molecule has 0 radical (unpaired) electrons. The van der Waals surface area contributed by atoms with E-state index >= 15 is 0 Å². The largest absolute Gasteiger partial charge is 0.469 e. The van der Waals surface area contributed by atoms with E-state index in [4.69, 9.17) is 14.9 Å². The number of nitrogens with zero attached hydrogens (tertiary/aromatic N) is 1. The third kappa shape index (κ3) is 12.8. The van der Waals surface area contributed by atoms with Gasteiger partial charge in [-0.3, -0.25) is 28.8 Å². The Morgan fingerprint density at radius 2 is 1.75 bits per heavy atom. The number of para-hydroxylation sites is 1. The normalized spacial score (nSPS) is 15.5. The summed E-state index contributed by atoms with van der Waals surface area (Å²) in [6, 6.07) is 8.18. The molecule has 7 N–H and O–H groups in total. The first kappa shape index (κ1) is 37.7. The Labute approximate surface area is 280 Å². The molecule has 2 aromatic rings. The molecule has 3 rings (SSSR count). The average Bonchev–Trinajstić information content (AvgIpc) is 3.57. The van der Waals surface area contributed by atoms with E-state index in [2.05, 4.69) is 26.6 Å². The van der Waals surface area contributed by atoms with Gasteiger partial charge in [0.2, 0.25) is 35.4 Å². The van der Waals surface area contributed by atoms with Gasteiger partial charge in [-0.1, -0.05) is 18.2 Å². The molecule has 1 aromatic carbocycles. The van der Waals surface area contributed by atoms with Crippen LogP contribution in [0.5, 0.6) is 0 Å². The predicted octanol–water partition coefficient (Wildman–Crippen LogP) is -0.151. The highest BCUT2D eigenvalue weighted by molar-refractivity contribution is 5.99. The van der Waals surface area contributed by atoms with E-state index in [-0.39, 0.29) is 63.2 Å². The van der Waals surface area contributed by atoms with Crippen molar-refractivity contribution < 1.29 is 37.9 Å². The Bertz CT molecular complexity index is 1380. The van der Waals surface area contributed by atoms with Gasteiger partial charge in [-0.25, -0.2) is 0 Å². The van der Waals surface area contributed by atoms with E-state index in [9.17, 15) is 28.8 Å². The highest BCUT2D eigenvalue weighted by Crippen LogP contribution is 2.19. The second kappa shape index (κ2) is 19.8. The number of piperidine rings is 1. The topological polar surface area (TPSA) is 214 Å². The summed E-state index contributed by atoms with van der Waals surface area (Å²) in [6.07, 6.45) is 2.82. The minimum absolute atomic E-state index is 0.0821. The second-order valence-electron chi connectivity index (χ2n) is 11.6. The van der Waals surface area contributed by atoms with Gasteiger partial charge < -0.3 is 46.4 Å². The van der Waals surface area contributed by atoms with Crippen LogP contribution < -0.4 is 32.3 Å². The van der Waals surface area contributed by atoms with Gasteiger partial charge in [-0.15, -0.1) is 0 Å². The molecule has 6 amide bonds. The minimum atomic E-state index is -1.01. The average molecular weight is 670 g/mol. The van der Waals surface area contributed by atoms with E-state index in [0.29, 0.717) is 49.5 Å². The van der Waals surface area contributed by atoms with E-state index in [1.54, 1.807) is 41.3 Å². The van der Waals surface area contributed by atoms with Gasteiger partial charge in [0.05, 0.1) is 31.8 Å². The number of furan rings is 1. The third-order valence-electron chi connectivity index (χ3n) is 7.75. The molecule has 0 unspecified atom stereocenters. The number of rotatable bonds is 18. The fourth-order valence-corrected chi connectivity index (χ4v) is 5.26. The number of carbonyl (C=O) groups is 6. The molecule has 1 aliphatic heterocycles. The van der Waals surface area contributed by atoms with Crippen molar-refractivity contribution in [2.75, 3.05) is 51.3 Å². The van der Waals surface area contributed by atoms with Crippen LogP contribution in [0, 0.1) is 5.92 Å². The van der Waals surface area contributed by atoms with Gasteiger partial charge in [0.15, 0.2) is 0 Å². The molecular formula is C33H47N7O8. The van der Waals surface area contributed by atoms with Crippen molar-refractivity contribution in [1.82, 2.24) is 26.2 Å². The fraction of sp³-hybridized carbons (Fsp3) is 0.515. The standard InChI is InChI=1S/C33H47N7O8/c1-22(41)35-13-11-28(32(45)36-14-18-47-17-12-34)37-30(43)19-24-7-3-4-10-27(24)38-33(46)29(20-26-9-6-16-48-26)39-31(44)25-8-5-15-40(21-25)23(2)42/h3-4,6-7,9-10,16,25,28-29H,5,8,11-15,17-21,34H2,1-2H3,(H,35,41)(H,36,45)(H,37,43)(H,38,46)(H,39,44)/t25-,28+,29+/m1/s1. The number of amides is 6. The van der Waals surface area contributed by atoms with Crippen molar-refractivity contribution >= 4 is 41.1 Å². The molecule has 262 valence electrons. The van der Waals surface area contributed by atoms with Crippen molar-refractivity contribution in [1.29, 1.82) is 0 Å². The van der Waals surface area contributed by atoms with Gasteiger partial charge in [0.25, 0.3) is 0 Å². The van der Waals surface area contributed by atoms with E-state index in [1.165, 1.54) is 20.1 Å².